The summed E-state index contributed by atoms with van der Waals surface area (Å²) in [6, 6.07) is 11.4. The predicted octanol–water partition coefficient (Wildman–Crippen LogP) is 5.44. The lowest BCUT2D eigenvalue weighted by molar-refractivity contribution is -0.114. The molecule has 0 bridgehead atoms. The molecular formula is C27H30N4O4S. The molecule has 2 aromatic rings. The summed E-state index contributed by atoms with van der Waals surface area (Å²) in [7, 11) is 1.56. The molecule has 1 N–H and O–H groups in total. The Morgan fingerprint density at radius 1 is 1.06 bits per heavy atom. The van der Waals surface area contributed by atoms with Crippen molar-refractivity contribution in [1.82, 2.24) is 5.01 Å². The van der Waals surface area contributed by atoms with Crippen LogP contribution in [0.15, 0.2) is 52.1 Å². The van der Waals surface area contributed by atoms with Gasteiger partial charge in [0.1, 0.15) is 24.0 Å². The van der Waals surface area contributed by atoms with Gasteiger partial charge < -0.3 is 14.2 Å². The van der Waals surface area contributed by atoms with Gasteiger partial charge >= 0.3 is 0 Å². The van der Waals surface area contributed by atoms with Crippen LogP contribution in [0.5, 0.6) is 17.2 Å². The summed E-state index contributed by atoms with van der Waals surface area (Å²) < 4.78 is 17.2. The Morgan fingerprint density at radius 3 is 2.47 bits per heavy atom. The average molecular weight is 507 g/mol. The summed E-state index contributed by atoms with van der Waals surface area (Å²) in [5.41, 5.74) is 3.16. The van der Waals surface area contributed by atoms with Gasteiger partial charge in [-0.25, -0.2) is 0 Å². The van der Waals surface area contributed by atoms with Crippen LogP contribution in [-0.2, 0) is 4.79 Å². The number of ether oxygens (including phenoxy) is 3. The summed E-state index contributed by atoms with van der Waals surface area (Å²) in [5, 5.41) is 15.7. The number of carbonyl (C=O) groups is 1. The number of aliphatic imine (C=N–C) groups is 1. The number of hydrogen-bond acceptors (Lipinski definition) is 7. The number of benzene rings is 2. The molecule has 0 spiro atoms. The van der Waals surface area contributed by atoms with E-state index in [-0.39, 0.29) is 11.4 Å². The molecule has 2 aliphatic heterocycles. The number of thioether (sulfide) groups is 1. The molecule has 0 radical (unpaired) electrons. The zero-order valence-electron chi connectivity index (χ0n) is 21.1. The Labute approximate surface area is 215 Å². The topological polar surface area (TPSA) is 96.6 Å². The van der Waals surface area contributed by atoms with Gasteiger partial charge in [-0.1, -0.05) is 26.0 Å². The Balaban J connectivity index is 1.43. The second kappa shape index (κ2) is 11.0. The molecule has 0 saturated heterocycles. The normalized spacial score (nSPS) is 16.3. The number of hydrazone groups is 1. The third kappa shape index (κ3) is 5.96. The molecule has 1 amide bonds. The highest BCUT2D eigenvalue weighted by molar-refractivity contribution is 8.26. The standard InChI is InChI=1S/C27H30N4O4S/c1-16(2)10-24-30-31-25(28)21(26(32)29-27(31)36-24)14-19-6-7-22(23(15-19)33-5)35-9-8-34-20-12-17(3)11-18(4)13-20/h6-7,11-16,28H,8-10H2,1-5H3/b21-14-,28-25?. The summed E-state index contributed by atoms with van der Waals surface area (Å²) in [6.45, 7) is 9.00. The van der Waals surface area contributed by atoms with Crippen LogP contribution >= 0.6 is 11.8 Å². The lowest BCUT2D eigenvalue weighted by Gasteiger charge is -2.20. The summed E-state index contributed by atoms with van der Waals surface area (Å²) in [4.78, 5) is 16.8. The van der Waals surface area contributed by atoms with Crippen molar-refractivity contribution < 1.29 is 19.0 Å². The first kappa shape index (κ1) is 25.5. The fourth-order valence-electron chi connectivity index (χ4n) is 3.85. The van der Waals surface area contributed by atoms with Crippen LogP contribution in [0.2, 0.25) is 0 Å². The highest BCUT2D eigenvalue weighted by Gasteiger charge is 2.35. The number of nitrogens with one attached hydrogen (secondary N) is 1. The van der Waals surface area contributed by atoms with Crippen LogP contribution in [0.3, 0.4) is 0 Å². The van der Waals surface area contributed by atoms with E-state index < -0.39 is 5.91 Å². The lowest BCUT2D eigenvalue weighted by atomic mass is 10.1. The maximum atomic E-state index is 12.7. The molecule has 8 nitrogen and oxygen atoms in total. The lowest BCUT2D eigenvalue weighted by Crippen LogP contribution is -2.35. The van der Waals surface area contributed by atoms with Crippen molar-refractivity contribution in [2.24, 2.45) is 16.0 Å². The fraction of sp³-hybridized carbons (Fsp3) is 0.333. The van der Waals surface area contributed by atoms with Gasteiger partial charge in [0.25, 0.3) is 5.91 Å². The third-order valence-corrected chi connectivity index (χ3v) is 6.31. The monoisotopic (exact) mass is 506 g/mol. The quantitative estimate of drug-likeness (QED) is 0.360. The van der Waals surface area contributed by atoms with E-state index in [0.717, 1.165) is 28.3 Å². The third-order valence-electron chi connectivity index (χ3n) is 5.38. The Morgan fingerprint density at radius 2 is 1.78 bits per heavy atom. The molecule has 36 heavy (non-hydrogen) atoms. The average Bonchev–Trinajstić information content (AvgIpc) is 3.21. The number of methoxy groups -OCH3 is 1. The van der Waals surface area contributed by atoms with E-state index in [1.807, 2.05) is 32.0 Å². The second-order valence-electron chi connectivity index (χ2n) is 9.04. The predicted molar refractivity (Wildman–Crippen MR) is 144 cm³/mol. The minimum Gasteiger partial charge on any atom is -0.493 e. The number of amides is 1. The summed E-state index contributed by atoms with van der Waals surface area (Å²) in [5.74, 6) is 1.87. The number of nitrogens with zero attached hydrogens (tertiary/aromatic N) is 3. The molecule has 2 aliphatic rings. The SMILES string of the molecule is COc1cc(/C=C2/C(=N)N3N=C(CC(C)C)SC3=NC2=O)ccc1OCCOc1cc(C)cc(C)c1. The molecular weight excluding hydrogens is 476 g/mol. The van der Waals surface area contributed by atoms with Gasteiger partial charge in [-0.05, 0) is 78.6 Å². The summed E-state index contributed by atoms with van der Waals surface area (Å²) >= 11 is 1.35. The molecule has 0 aliphatic carbocycles. The molecule has 9 heteroatoms. The number of rotatable bonds is 9. The Kier molecular flexibility index (Phi) is 7.79. The van der Waals surface area contributed by atoms with Crippen LogP contribution in [-0.4, -0.2) is 47.3 Å². The van der Waals surface area contributed by atoms with E-state index in [1.54, 1.807) is 25.3 Å². The van der Waals surface area contributed by atoms with Crippen molar-refractivity contribution in [2.75, 3.05) is 20.3 Å². The zero-order chi connectivity index (χ0) is 25.8. The first-order valence-electron chi connectivity index (χ1n) is 11.7. The highest BCUT2D eigenvalue weighted by atomic mass is 32.2. The van der Waals surface area contributed by atoms with Gasteiger partial charge in [-0.15, -0.1) is 0 Å². The summed E-state index contributed by atoms with van der Waals surface area (Å²) in [6.07, 6.45) is 2.40. The minimum absolute atomic E-state index is 0.0130. The molecule has 0 unspecified atom stereocenters. The first-order valence-corrected chi connectivity index (χ1v) is 12.6. The number of fused-ring (bicyclic) bond motifs is 1. The van der Waals surface area contributed by atoms with Gasteiger partial charge in [-0.2, -0.15) is 15.1 Å². The van der Waals surface area contributed by atoms with Crippen LogP contribution in [0.4, 0.5) is 0 Å². The Hall–Kier alpha value is -3.59. The van der Waals surface area contributed by atoms with Gasteiger partial charge in [0.15, 0.2) is 17.3 Å². The van der Waals surface area contributed by atoms with Crippen LogP contribution < -0.4 is 14.2 Å². The molecule has 0 saturated carbocycles. The largest absolute Gasteiger partial charge is 0.493 e. The zero-order valence-corrected chi connectivity index (χ0v) is 21.9. The maximum absolute atomic E-state index is 12.7. The van der Waals surface area contributed by atoms with E-state index in [2.05, 4.69) is 30.0 Å². The second-order valence-corrected chi connectivity index (χ2v) is 10.1. The molecule has 0 fully saturated rings. The number of amidine groups is 2. The molecule has 2 heterocycles. The number of hydrogen-bond donors (Lipinski definition) is 1. The van der Waals surface area contributed by atoms with Crippen molar-refractivity contribution >= 4 is 39.8 Å². The van der Waals surface area contributed by atoms with Crippen molar-refractivity contribution in [2.45, 2.75) is 34.1 Å². The highest BCUT2D eigenvalue weighted by Crippen LogP contribution is 2.32. The fourth-order valence-corrected chi connectivity index (χ4v) is 4.95. The molecule has 0 aromatic heterocycles. The number of aryl methyl sites for hydroxylation is 2. The van der Waals surface area contributed by atoms with Crippen LogP contribution in [0, 0.1) is 25.2 Å². The number of carbonyl (C=O) groups excluding carboxylic acids is 1. The van der Waals surface area contributed by atoms with E-state index in [4.69, 9.17) is 19.6 Å². The van der Waals surface area contributed by atoms with Gasteiger partial charge in [0.2, 0.25) is 5.17 Å². The minimum atomic E-state index is -0.456. The van der Waals surface area contributed by atoms with Crippen molar-refractivity contribution in [1.29, 1.82) is 5.41 Å². The van der Waals surface area contributed by atoms with Gasteiger partial charge in [-0.3, -0.25) is 10.2 Å². The van der Waals surface area contributed by atoms with Gasteiger partial charge in [0.05, 0.1) is 12.7 Å². The molecule has 188 valence electrons. The van der Waals surface area contributed by atoms with E-state index in [0.29, 0.717) is 41.4 Å². The molecule has 0 atom stereocenters. The Bertz CT molecular complexity index is 1260. The van der Waals surface area contributed by atoms with Crippen molar-refractivity contribution in [3.63, 3.8) is 0 Å². The smallest absolute Gasteiger partial charge is 0.283 e. The molecule has 4 rings (SSSR count). The maximum Gasteiger partial charge on any atom is 0.283 e. The van der Waals surface area contributed by atoms with Crippen molar-refractivity contribution in [3.05, 3.63) is 58.7 Å². The van der Waals surface area contributed by atoms with Crippen molar-refractivity contribution in [3.8, 4) is 17.2 Å². The van der Waals surface area contributed by atoms with E-state index in [1.165, 1.54) is 16.8 Å². The van der Waals surface area contributed by atoms with Crippen LogP contribution in [0.1, 0.15) is 37.0 Å². The van der Waals surface area contributed by atoms with Gasteiger partial charge in [0, 0.05) is 6.42 Å². The van der Waals surface area contributed by atoms with E-state index in [9.17, 15) is 4.79 Å². The molecule has 2 aromatic carbocycles. The first-order chi connectivity index (χ1) is 17.2. The van der Waals surface area contributed by atoms with E-state index >= 15 is 0 Å². The van der Waals surface area contributed by atoms with Crippen LogP contribution in [0.25, 0.3) is 6.08 Å².